The molecule has 0 saturated heterocycles. The number of hydrogen-bond acceptors (Lipinski definition) is 2. The van der Waals surface area contributed by atoms with Crippen LogP contribution >= 0.6 is 0 Å². The standard InChI is InChI=1S/C15H28O2/c1-6-15(17-12(5)16)14-9-13(10(2)3)8-7-11(14)4/h10-11,13-15H,6-9H2,1-5H3/t11-,13+,14-,15+/m0/s1. The monoisotopic (exact) mass is 240 g/mol. The van der Waals surface area contributed by atoms with Crippen molar-refractivity contribution in [3.05, 3.63) is 0 Å². The maximum Gasteiger partial charge on any atom is 0.302 e. The van der Waals surface area contributed by atoms with Crippen molar-refractivity contribution in [3.8, 4) is 0 Å². The summed E-state index contributed by atoms with van der Waals surface area (Å²) >= 11 is 0. The largest absolute Gasteiger partial charge is 0.462 e. The summed E-state index contributed by atoms with van der Waals surface area (Å²) in [6.45, 7) is 10.6. The van der Waals surface area contributed by atoms with Gasteiger partial charge in [0.05, 0.1) is 0 Å². The van der Waals surface area contributed by atoms with E-state index in [0.717, 1.165) is 18.3 Å². The summed E-state index contributed by atoms with van der Waals surface area (Å²) in [6.07, 6.45) is 4.92. The molecule has 0 aromatic carbocycles. The molecule has 0 aromatic rings. The zero-order chi connectivity index (χ0) is 13.0. The van der Waals surface area contributed by atoms with E-state index >= 15 is 0 Å². The van der Waals surface area contributed by atoms with Gasteiger partial charge < -0.3 is 4.74 Å². The topological polar surface area (TPSA) is 26.3 Å². The van der Waals surface area contributed by atoms with Crippen LogP contribution in [0.1, 0.15) is 60.3 Å². The van der Waals surface area contributed by atoms with Gasteiger partial charge in [-0.3, -0.25) is 4.79 Å². The normalized spacial score (nSPS) is 31.3. The van der Waals surface area contributed by atoms with Crippen molar-refractivity contribution in [1.82, 2.24) is 0 Å². The second kappa shape index (κ2) is 6.42. The van der Waals surface area contributed by atoms with Crippen molar-refractivity contribution >= 4 is 5.97 Å². The van der Waals surface area contributed by atoms with Crippen molar-refractivity contribution < 1.29 is 9.53 Å². The van der Waals surface area contributed by atoms with E-state index in [1.807, 2.05) is 0 Å². The molecule has 1 aliphatic rings. The minimum atomic E-state index is -0.129. The Balaban J connectivity index is 2.66. The Morgan fingerprint density at radius 1 is 1.35 bits per heavy atom. The lowest BCUT2D eigenvalue weighted by Gasteiger charge is -2.39. The molecule has 4 atom stereocenters. The average Bonchev–Trinajstić information content (AvgIpc) is 2.26. The first-order valence-electron chi connectivity index (χ1n) is 7.12. The highest BCUT2D eigenvalue weighted by Gasteiger charge is 2.35. The van der Waals surface area contributed by atoms with Gasteiger partial charge in [0.1, 0.15) is 6.10 Å². The second-order valence-electron chi connectivity index (χ2n) is 6.01. The summed E-state index contributed by atoms with van der Waals surface area (Å²) in [5, 5.41) is 0. The lowest BCUT2D eigenvalue weighted by Crippen LogP contribution is -2.36. The van der Waals surface area contributed by atoms with Crippen molar-refractivity contribution in [3.63, 3.8) is 0 Å². The molecule has 1 saturated carbocycles. The predicted molar refractivity (Wildman–Crippen MR) is 70.7 cm³/mol. The summed E-state index contributed by atoms with van der Waals surface area (Å²) < 4.78 is 5.50. The first kappa shape index (κ1) is 14.5. The Labute approximate surface area is 106 Å². The fourth-order valence-corrected chi connectivity index (χ4v) is 3.20. The van der Waals surface area contributed by atoms with Crippen molar-refractivity contribution in [1.29, 1.82) is 0 Å². The molecule has 1 rings (SSSR count). The van der Waals surface area contributed by atoms with E-state index in [1.54, 1.807) is 0 Å². The molecule has 0 unspecified atom stereocenters. The van der Waals surface area contributed by atoms with Gasteiger partial charge in [-0.2, -0.15) is 0 Å². The number of esters is 1. The number of hydrogen-bond donors (Lipinski definition) is 0. The smallest absolute Gasteiger partial charge is 0.302 e. The van der Waals surface area contributed by atoms with Crippen LogP contribution in [0.2, 0.25) is 0 Å². The number of ether oxygens (including phenoxy) is 1. The fraction of sp³-hybridized carbons (Fsp3) is 0.933. The molecule has 0 bridgehead atoms. The van der Waals surface area contributed by atoms with Gasteiger partial charge in [0, 0.05) is 6.92 Å². The Morgan fingerprint density at radius 3 is 2.47 bits per heavy atom. The molecule has 0 aromatic heterocycles. The first-order chi connectivity index (χ1) is 7.95. The van der Waals surface area contributed by atoms with Crippen LogP contribution in [0.3, 0.4) is 0 Å². The SMILES string of the molecule is CC[C@@H](OC(C)=O)[C@H]1C[C@H](C(C)C)CC[C@@H]1C. The number of carbonyl (C=O) groups excluding carboxylic acids is 1. The summed E-state index contributed by atoms with van der Waals surface area (Å²) in [5.41, 5.74) is 0. The van der Waals surface area contributed by atoms with E-state index in [1.165, 1.54) is 26.2 Å². The van der Waals surface area contributed by atoms with E-state index in [4.69, 9.17) is 4.74 Å². The highest BCUT2D eigenvalue weighted by molar-refractivity contribution is 5.66. The molecule has 1 fully saturated rings. The van der Waals surface area contributed by atoms with Crippen LogP contribution in [0.5, 0.6) is 0 Å². The van der Waals surface area contributed by atoms with Gasteiger partial charge in [0.15, 0.2) is 0 Å². The molecule has 0 aliphatic heterocycles. The third-order valence-electron chi connectivity index (χ3n) is 4.44. The van der Waals surface area contributed by atoms with Gasteiger partial charge in [0.2, 0.25) is 0 Å². The molecule has 0 spiro atoms. The Bertz CT molecular complexity index is 247. The molecule has 0 amide bonds. The molecular formula is C15H28O2. The van der Waals surface area contributed by atoms with Crippen LogP contribution in [0.15, 0.2) is 0 Å². The van der Waals surface area contributed by atoms with Gasteiger partial charge >= 0.3 is 5.97 Å². The maximum absolute atomic E-state index is 11.2. The summed E-state index contributed by atoms with van der Waals surface area (Å²) in [6, 6.07) is 0. The van der Waals surface area contributed by atoms with E-state index in [-0.39, 0.29) is 12.1 Å². The molecule has 1 aliphatic carbocycles. The minimum absolute atomic E-state index is 0.129. The highest BCUT2D eigenvalue weighted by atomic mass is 16.5. The third kappa shape index (κ3) is 4.01. The average molecular weight is 240 g/mol. The predicted octanol–water partition coefficient (Wildman–Crippen LogP) is 4.04. The second-order valence-corrected chi connectivity index (χ2v) is 6.01. The van der Waals surface area contributed by atoms with Crippen LogP contribution in [-0.2, 0) is 9.53 Å². The molecule has 0 heterocycles. The van der Waals surface area contributed by atoms with E-state index < -0.39 is 0 Å². The van der Waals surface area contributed by atoms with Gasteiger partial charge in [-0.25, -0.2) is 0 Å². The van der Waals surface area contributed by atoms with Crippen molar-refractivity contribution in [2.24, 2.45) is 23.7 Å². The van der Waals surface area contributed by atoms with Crippen molar-refractivity contribution in [2.45, 2.75) is 66.4 Å². The molecule has 0 N–H and O–H groups in total. The Hall–Kier alpha value is -0.530. The number of carbonyl (C=O) groups is 1. The maximum atomic E-state index is 11.2. The summed E-state index contributed by atoms with van der Waals surface area (Å²) in [5.74, 6) is 2.68. The Kier molecular flexibility index (Phi) is 5.48. The van der Waals surface area contributed by atoms with E-state index in [9.17, 15) is 4.79 Å². The molecule has 17 heavy (non-hydrogen) atoms. The molecular weight excluding hydrogens is 212 g/mol. The van der Waals surface area contributed by atoms with E-state index in [2.05, 4.69) is 27.7 Å². The molecule has 2 nitrogen and oxygen atoms in total. The lowest BCUT2D eigenvalue weighted by molar-refractivity contribution is -0.151. The van der Waals surface area contributed by atoms with Gasteiger partial charge in [-0.1, -0.05) is 34.1 Å². The quantitative estimate of drug-likeness (QED) is 0.693. The van der Waals surface area contributed by atoms with Gasteiger partial charge in [-0.15, -0.1) is 0 Å². The lowest BCUT2D eigenvalue weighted by atomic mass is 9.69. The zero-order valence-electron chi connectivity index (χ0n) is 12.0. The number of rotatable bonds is 4. The molecule has 0 radical (unpaired) electrons. The zero-order valence-corrected chi connectivity index (χ0v) is 12.0. The van der Waals surface area contributed by atoms with Crippen molar-refractivity contribution in [2.75, 3.05) is 0 Å². The first-order valence-corrected chi connectivity index (χ1v) is 7.12. The van der Waals surface area contributed by atoms with Crippen LogP contribution in [0.25, 0.3) is 0 Å². The van der Waals surface area contributed by atoms with Crippen LogP contribution in [0.4, 0.5) is 0 Å². The highest BCUT2D eigenvalue weighted by Crippen LogP contribution is 2.40. The minimum Gasteiger partial charge on any atom is -0.462 e. The van der Waals surface area contributed by atoms with Gasteiger partial charge in [0.25, 0.3) is 0 Å². The fourth-order valence-electron chi connectivity index (χ4n) is 3.20. The molecule has 100 valence electrons. The Morgan fingerprint density at radius 2 is 2.00 bits per heavy atom. The molecule has 2 heteroatoms. The summed E-state index contributed by atoms with van der Waals surface area (Å²) in [4.78, 5) is 11.2. The van der Waals surface area contributed by atoms with E-state index in [0.29, 0.717) is 11.8 Å². The van der Waals surface area contributed by atoms with Gasteiger partial charge in [-0.05, 0) is 42.9 Å². The summed E-state index contributed by atoms with van der Waals surface area (Å²) in [7, 11) is 0. The van der Waals surface area contributed by atoms with Crippen LogP contribution in [-0.4, -0.2) is 12.1 Å². The van der Waals surface area contributed by atoms with Crippen LogP contribution in [0, 0.1) is 23.7 Å². The van der Waals surface area contributed by atoms with Crippen LogP contribution < -0.4 is 0 Å². The third-order valence-corrected chi connectivity index (χ3v) is 4.44.